The highest BCUT2D eigenvalue weighted by atomic mass is 35.5. The Morgan fingerprint density at radius 3 is 2.77 bits per heavy atom. The molecule has 0 radical (unpaired) electrons. The summed E-state index contributed by atoms with van der Waals surface area (Å²) in [5.74, 6) is 0. The number of pyridine rings is 1. The van der Waals surface area contributed by atoms with Crippen LogP contribution in [0.4, 0.5) is 0 Å². The molecule has 2 nitrogen and oxygen atoms in total. The highest BCUT2D eigenvalue weighted by Gasteiger charge is 2.08. The lowest BCUT2D eigenvalue weighted by atomic mass is 10.1. The number of benzene rings is 1. The third-order valence-corrected chi connectivity index (χ3v) is 2.40. The van der Waals surface area contributed by atoms with Crippen LogP contribution < -0.4 is 4.73 Å². The van der Waals surface area contributed by atoms with Crippen molar-refractivity contribution in [1.82, 2.24) is 0 Å². The summed E-state index contributed by atoms with van der Waals surface area (Å²) in [4.78, 5) is 0. The first-order chi connectivity index (χ1) is 6.20. The van der Waals surface area contributed by atoms with Gasteiger partial charge in [0.2, 0.25) is 5.52 Å². The van der Waals surface area contributed by atoms with E-state index in [1.807, 2.05) is 25.1 Å². The zero-order chi connectivity index (χ0) is 9.42. The minimum atomic E-state index is 0.616. The van der Waals surface area contributed by atoms with E-state index in [0.717, 1.165) is 15.7 Å². The van der Waals surface area contributed by atoms with Crippen LogP contribution >= 0.6 is 11.6 Å². The number of hydrogen-bond donors (Lipinski definition) is 0. The van der Waals surface area contributed by atoms with Crippen LogP contribution in [0.15, 0.2) is 30.5 Å². The molecule has 1 aromatic carbocycles. The molecular weight excluding hydrogens is 186 g/mol. The second-order valence-electron chi connectivity index (χ2n) is 2.96. The second-order valence-corrected chi connectivity index (χ2v) is 3.37. The minimum Gasteiger partial charge on any atom is -0.618 e. The largest absolute Gasteiger partial charge is 0.618 e. The van der Waals surface area contributed by atoms with E-state index >= 15 is 0 Å². The summed E-state index contributed by atoms with van der Waals surface area (Å²) >= 11 is 5.95. The Labute approximate surface area is 81.0 Å². The van der Waals surface area contributed by atoms with Gasteiger partial charge in [-0.05, 0) is 13.0 Å². The molecule has 66 valence electrons. The van der Waals surface area contributed by atoms with Gasteiger partial charge in [0.1, 0.15) is 0 Å². The molecule has 2 rings (SSSR count). The maximum atomic E-state index is 11.4. The Morgan fingerprint density at radius 1 is 1.31 bits per heavy atom. The van der Waals surface area contributed by atoms with Gasteiger partial charge in [0.25, 0.3) is 0 Å². The van der Waals surface area contributed by atoms with E-state index < -0.39 is 0 Å². The molecule has 1 aromatic heterocycles. The number of hydrogen-bond acceptors (Lipinski definition) is 1. The Morgan fingerprint density at radius 2 is 2.08 bits per heavy atom. The fourth-order valence-corrected chi connectivity index (χ4v) is 1.65. The lowest BCUT2D eigenvalue weighted by Gasteiger charge is -2.04. The molecular formula is C10H8ClNO. The van der Waals surface area contributed by atoms with Gasteiger partial charge in [0, 0.05) is 11.6 Å². The van der Waals surface area contributed by atoms with E-state index in [-0.39, 0.29) is 0 Å². The number of nitrogens with zero attached hydrogens (tertiary/aromatic N) is 1. The average Bonchev–Trinajstić information content (AvgIpc) is 2.12. The number of para-hydroxylation sites is 1. The zero-order valence-electron chi connectivity index (χ0n) is 7.12. The van der Waals surface area contributed by atoms with Gasteiger partial charge >= 0.3 is 0 Å². The minimum absolute atomic E-state index is 0.616. The Bertz CT molecular complexity index is 459. The summed E-state index contributed by atoms with van der Waals surface area (Å²) in [6.45, 7) is 1.90. The maximum absolute atomic E-state index is 11.4. The molecule has 1 heterocycles. The predicted molar refractivity (Wildman–Crippen MR) is 52.7 cm³/mol. The summed E-state index contributed by atoms with van der Waals surface area (Å²) in [7, 11) is 0. The molecule has 0 unspecified atom stereocenters. The molecule has 0 amide bonds. The van der Waals surface area contributed by atoms with E-state index in [4.69, 9.17) is 11.6 Å². The topological polar surface area (TPSA) is 26.9 Å². The standard InChI is InChI=1S/C10H8ClNO/c1-7-3-2-4-8-9(11)5-6-12(13)10(7)8/h2-6H,1H3. The molecule has 3 heteroatoms. The van der Waals surface area contributed by atoms with Gasteiger partial charge < -0.3 is 5.21 Å². The summed E-state index contributed by atoms with van der Waals surface area (Å²) in [5, 5.41) is 12.8. The van der Waals surface area contributed by atoms with Crippen molar-refractivity contribution in [2.45, 2.75) is 6.92 Å². The smallest absolute Gasteiger partial charge is 0.228 e. The molecule has 13 heavy (non-hydrogen) atoms. The lowest BCUT2D eigenvalue weighted by Crippen LogP contribution is -2.26. The molecule has 2 aromatic rings. The summed E-state index contributed by atoms with van der Waals surface area (Å²) in [6.07, 6.45) is 1.43. The van der Waals surface area contributed by atoms with Crippen molar-refractivity contribution in [3.8, 4) is 0 Å². The van der Waals surface area contributed by atoms with Crippen molar-refractivity contribution >= 4 is 22.5 Å². The monoisotopic (exact) mass is 193 g/mol. The first kappa shape index (κ1) is 8.32. The highest BCUT2D eigenvalue weighted by molar-refractivity contribution is 6.35. The fourth-order valence-electron chi connectivity index (χ4n) is 1.44. The number of rotatable bonds is 0. The summed E-state index contributed by atoms with van der Waals surface area (Å²) < 4.78 is 0.844. The van der Waals surface area contributed by atoms with Crippen molar-refractivity contribution in [3.05, 3.63) is 46.3 Å². The summed E-state index contributed by atoms with van der Waals surface area (Å²) in [6, 6.07) is 7.24. The van der Waals surface area contributed by atoms with Crippen LogP contribution in [0.5, 0.6) is 0 Å². The van der Waals surface area contributed by atoms with Crippen LogP contribution in [0.3, 0.4) is 0 Å². The molecule has 0 aliphatic carbocycles. The Kier molecular flexibility index (Phi) is 1.85. The van der Waals surface area contributed by atoms with Gasteiger partial charge in [-0.1, -0.05) is 23.7 Å². The lowest BCUT2D eigenvalue weighted by molar-refractivity contribution is -0.577. The van der Waals surface area contributed by atoms with E-state index in [0.29, 0.717) is 10.5 Å². The SMILES string of the molecule is Cc1cccc2c(Cl)cc[n+]([O-])c12. The quantitative estimate of drug-likeness (QED) is 0.466. The van der Waals surface area contributed by atoms with Gasteiger partial charge in [-0.25, -0.2) is 0 Å². The molecule has 0 aliphatic rings. The van der Waals surface area contributed by atoms with Crippen molar-refractivity contribution in [3.63, 3.8) is 0 Å². The maximum Gasteiger partial charge on any atom is 0.228 e. The van der Waals surface area contributed by atoms with Gasteiger partial charge in [0.05, 0.1) is 10.4 Å². The van der Waals surface area contributed by atoms with Crippen molar-refractivity contribution in [2.24, 2.45) is 0 Å². The van der Waals surface area contributed by atoms with E-state index in [2.05, 4.69) is 0 Å². The van der Waals surface area contributed by atoms with Crippen LogP contribution in [-0.2, 0) is 0 Å². The van der Waals surface area contributed by atoms with Gasteiger partial charge in [-0.2, -0.15) is 4.73 Å². The molecule has 0 spiro atoms. The van der Waals surface area contributed by atoms with Gasteiger partial charge in [-0.3, -0.25) is 0 Å². The number of fused-ring (bicyclic) bond motifs is 1. The molecule has 0 saturated carbocycles. The van der Waals surface area contributed by atoms with Crippen LogP contribution in [-0.4, -0.2) is 0 Å². The second kappa shape index (κ2) is 2.89. The van der Waals surface area contributed by atoms with Crippen molar-refractivity contribution < 1.29 is 4.73 Å². The van der Waals surface area contributed by atoms with Crippen LogP contribution in [0.2, 0.25) is 5.02 Å². The third-order valence-electron chi connectivity index (χ3n) is 2.07. The van der Waals surface area contributed by atoms with Crippen LogP contribution in [0.1, 0.15) is 5.56 Å². The van der Waals surface area contributed by atoms with E-state index in [9.17, 15) is 5.21 Å². The molecule has 0 N–H and O–H groups in total. The Hall–Kier alpha value is -1.28. The van der Waals surface area contributed by atoms with Crippen molar-refractivity contribution in [1.29, 1.82) is 0 Å². The predicted octanol–water partition coefficient (Wildman–Crippen LogP) is 2.44. The van der Waals surface area contributed by atoms with Crippen LogP contribution in [0.25, 0.3) is 10.9 Å². The Balaban J connectivity index is 3.00. The number of aromatic nitrogens is 1. The first-order valence-corrected chi connectivity index (χ1v) is 4.35. The molecule has 0 saturated heterocycles. The van der Waals surface area contributed by atoms with E-state index in [1.54, 1.807) is 6.07 Å². The molecule has 0 bridgehead atoms. The van der Waals surface area contributed by atoms with Crippen LogP contribution in [0, 0.1) is 12.1 Å². The van der Waals surface area contributed by atoms with Gasteiger partial charge in [-0.15, -0.1) is 0 Å². The summed E-state index contributed by atoms with van der Waals surface area (Å²) in [5.41, 5.74) is 1.59. The normalized spacial score (nSPS) is 10.6. The number of halogens is 1. The average molecular weight is 194 g/mol. The highest BCUT2D eigenvalue weighted by Crippen LogP contribution is 2.21. The molecule has 0 fully saturated rings. The molecule has 0 atom stereocenters. The number of aryl methyl sites for hydroxylation is 1. The van der Waals surface area contributed by atoms with E-state index in [1.165, 1.54) is 6.20 Å². The van der Waals surface area contributed by atoms with Gasteiger partial charge in [0.15, 0.2) is 6.20 Å². The molecule has 0 aliphatic heterocycles. The third kappa shape index (κ3) is 1.23. The zero-order valence-corrected chi connectivity index (χ0v) is 7.88. The first-order valence-electron chi connectivity index (χ1n) is 3.97. The fraction of sp³-hybridized carbons (Fsp3) is 0.100. The van der Waals surface area contributed by atoms with Crippen molar-refractivity contribution in [2.75, 3.05) is 0 Å².